The molecule has 0 aromatic heterocycles. The van der Waals surface area contributed by atoms with Crippen molar-refractivity contribution in [2.45, 2.75) is 13.8 Å². The van der Waals surface area contributed by atoms with Crippen LogP contribution in [0.2, 0.25) is 0 Å². The quantitative estimate of drug-likeness (QED) is 0.568. The van der Waals surface area contributed by atoms with E-state index in [0.717, 1.165) is 5.30 Å². The molecule has 0 bridgehead atoms. The smallest absolute Gasteiger partial charge is 0.192 e. The SMILES string of the molecule is CC.O=Pc1ccccc1. The molecular formula is C8H11OP. The van der Waals surface area contributed by atoms with E-state index in [1.165, 1.54) is 0 Å². The Morgan fingerprint density at radius 2 is 1.60 bits per heavy atom. The van der Waals surface area contributed by atoms with Crippen molar-refractivity contribution >= 4 is 13.8 Å². The Labute approximate surface area is 63.3 Å². The van der Waals surface area contributed by atoms with Gasteiger partial charge in [-0.1, -0.05) is 32.0 Å². The Kier molecular flexibility index (Phi) is 6.00. The van der Waals surface area contributed by atoms with Crippen LogP contribution in [0.1, 0.15) is 13.8 Å². The van der Waals surface area contributed by atoms with Gasteiger partial charge >= 0.3 is 0 Å². The monoisotopic (exact) mass is 154 g/mol. The molecule has 0 radical (unpaired) electrons. The van der Waals surface area contributed by atoms with E-state index in [2.05, 4.69) is 0 Å². The van der Waals surface area contributed by atoms with Crippen molar-refractivity contribution in [3.63, 3.8) is 0 Å². The number of rotatable bonds is 1. The van der Waals surface area contributed by atoms with E-state index in [1.807, 2.05) is 44.2 Å². The molecule has 1 nitrogen and oxygen atoms in total. The van der Waals surface area contributed by atoms with Crippen molar-refractivity contribution in [1.29, 1.82) is 0 Å². The normalized spacial score (nSPS) is 8.20. The minimum Gasteiger partial charge on any atom is -0.269 e. The fraction of sp³-hybridized carbons (Fsp3) is 0.250. The average Bonchev–Trinajstić information content (AvgIpc) is 2.10. The van der Waals surface area contributed by atoms with Gasteiger partial charge in [-0.25, -0.2) is 0 Å². The van der Waals surface area contributed by atoms with Crippen LogP contribution in [0.3, 0.4) is 0 Å². The first kappa shape index (κ1) is 9.32. The van der Waals surface area contributed by atoms with Crippen LogP contribution in [0.25, 0.3) is 0 Å². The second-order valence-corrected chi connectivity index (χ2v) is 2.13. The molecule has 10 heavy (non-hydrogen) atoms. The van der Waals surface area contributed by atoms with Gasteiger partial charge in [-0.2, -0.15) is 0 Å². The molecule has 1 aromatic rings. The van der Waals surface area contributed by atoms with E-state index in [4.69, 9.17) is 0 Å². The molecular weight excluding hydrogens is 143 g/mol. The van der Waals surface area contributed by atoms with Gasteiger partial charge in [-0.3, -0.25) is 4.57 Å². The van der Waals surface area contributed by atoms with Crippen LogP contribution < -0.4 is 5.30 Å². The summed E-state index contributed by atoms with van der Waals surface area (Å²) in [6, 6.07) is 9.25. The Balaban J connectivity index is 0.000000371. The van der Waals surface area contributed by atoms with Crippen molar-refractivity contribution < 1.29 is 4.57 Å². The Bertz CT molecular complexity index is 172. The fourth-order valence-corrected chi connectivity index (χ4v) is 0.783. The summed E-state index contributed by atoms with van der Waals surface area (Å²) in [5.74, 6) is 0. The highest BCUT2D eigenvalue weighted by Crippen LogP contribution is 1.92. The van der Waals surface area contributed by atoms with E-state index in [-0.39, 0.29) is 8.46 Å². The summed E-state index contributed by atoms with van der Waals surface area (Å²) in [6.07, 6.45) is 0. The van der Waals surface area contributed by atoms with Crippen LogP contribution in [-0.4, -0.2) is 0 Å². The number of hydrogen-bond acceptors (Lipinski definition) is 1. The minimum absolute atomic E-state index is 0.0994. The maximum absolute atomic E-state index is 10.1. The first-order valence-electron chi connectivity index (χ1n) is 3.32. The molecule has 0 saturated heterocycles. The summed E-state index contributed by atoms with van der Waals surface area (Å²) in [5, 5.41) is 0.826. The first-order chi connectivity index (χ1) is 4.93. The predicted molar refractivity (Wildman–Crippen MR) is 45.0 cm³/mol. The lowest BCUT2D eigenvalue weighted by molar-refractivity contribution is 0.603. The molecule has 1 aromatic carbocycles. The van der Waals surface area contributed by atoms with Crippen LogP contribution in [0, 0.1) is 0 Å². The zero-order valence-electron chi connectivity index (χ0n) is 6.24. The molecule has 0 amide bonds. The van der Waals surface area contributed by atoms with Crippen molar-refractivity contribution in [2.24, 2.45) is 0 Å². The molecule has 0 heterocycles. The first-order valence-corrected chi connectivity index (χ1v) is 4.13. The lowest BCUT2D eigenvalue weighted by Crippen LogP contribution is -1.84. The lowest BCUT2D eigenvalue weighted by Gasteiger charge is -1.80. The molecule has 0 saturated carbocycles. The zero-order valence-corrected chi connectivity index (χ0v) is 7.14. The summed E-state index contributed by atoms with van der Waals surface area (Å²) in [7, 11) is 0.0994. The molecule has 0 atom stereocenters. The van der Waals surface area contributed by atoms with Crippen LogP contribution in [0.5, 0.6) is 0 Å². The molecule has 0 unspecified atom stereocenters. The summed E-state index contributed by atoms with van der Waals surface area (Å²) in [6.45, 7) is 4.00. The Morgan fingerprint density at radius 1 is 1.10 bits per heavy atom. The maximum atomic E-state index is 10.1. The van der Waals surface area contributed by atoms with Gasteiger partial charge in [0.15, 0.2) is 8.46 Å². The van der Waals surface area contributed by atoms with Crippen molar-refractivity contribution in [1.82, 2.24) is 0 Å². The van der Waals surface area contributed by atoms with Crippen LogP contribution >= 0.6 is 8.46 Å². The van der Waals surface area contributed by atoms with Gasteiger partial charge in [0.1, 0.15) is 0 Å². The summed E-state index contributed by atoms with van der Waals surface area (Å²) >= 11 is 0. The van der Waals surface area contributed by atoms with Crippen molar-refractivity contribution in [3.8, 4) is 0 Å². The van der Waals surface area contributed by atoms with E-state index < -0.39 is 0 Å². The second-order valence-electron chi connectivity index (χ2n) is 1.43. The molecule has 0 aliphatic heterocycles. The third kappa shape index (κ3) is 3.37. The second kappa shape index (κ2) is 6.44. The van der Waals surface area contributed by atoms with Gasteiger partial charge in [0.2, 0.25) is 0 Å². The van der Waals surface area contributed by atoms with Gasteiger partial charge in [0, 0.05) is 5.30 Å². The van der Waals surface area contributed by atoms with E-state index in [9.17, 15) is 4.57 Å². The zero-order chi connectivity index (χ0) is 7.82. The molecule has 54 valence electrons. The van der Waals surface area contributed by atoms with Gasteiger partial charge < -0.3 is 0 Å². The summed E-state index contributed by atoms with van der Waals surface area (Å²) in [5.41, 5.74) is 0. The van der Waals surface area contributed by atoms with Gasteiger partial charge in [0.05, 0.1) is 0 Å². The van der Waals surface area contributed by atoms with E-state index in [0.29, 0.717) is 0 Å². The van der Waals surface area contributed by atoms with Crippen LogP contribution in [0.4, 0.5) is 0 Å². The highest BCUT2D eigenvalue weighted by Gasteiger charge is 1.81. The minimum atomic E-state index is 0.0994. The third-order valence-corrected chi connectivity index (χ3v) is 1.37. The molecule has 2 heteroatoms. The molecule has 0 N–H and O–H groups in total. The van der Waals surface area contributed by atoms with E-state index in [1.54, 1.807) is 0 Å². The number of benzene rings is 1. The predicted octanol–water partition coefficient (Wildman–Crippen LogP) is 2.63. The largest absolute Gasteiger partial charge is 0.269 e. The molecule has 0 aliphatic carbocycles. The van der Waals surface area contributed by atoms with Crippen molar-refractivity contribution in [2.75, 3.05) is 0 Å². The average molecular weight is 154 g/mol. The highest BCUT2D eigenvalue weighted by atomic mass is 31.1. The van der Waals surface area contributed by atoms with Crippen molar-refractivity contribution in [3.05, 3.63) is 30.3 Å². The van der Waals surface area contributed by atoms with Gasteiger partial charge in [-0.05, 0) is 12.1 Å². The lowest BCUT2D eigenvalue weighted by atomic mass is 10.4. The summed E-state index contributed by atoms with van der Waals surface area (Å²) in [4.78, 5) is 0. The molecule has 1 rings (SSSR count). The fourth-order valence-electron chi connectivity index (χ4n) is 0.489. The Morgan fingerprint density at radius 3 is 1.90 bits per heavy atom. The molecule has 0 fully saturated rings. The van der Waals surface area contributed by atoms with Crippen LogP contribution in [-0.2, 0) is 4.57 Å². The Hall–Kier alpha value is -0.680. The highest BCUT2D eigenvalue weighted by molar-refractivity contribution is 7.34. The van der Waals surface area contributed by atoms with Gasteiger partial charge in [-0.15, -0.1) is 0 Å². The topological polar surface area (TPSA) is 17.1 Å². The van der Waals surface area contributed by atoms with Crippen LogP contribution in [0.15, 0.2) is 30.3 Å². The third-order valence-electron chi connectivity index (χ3n) is 0.862. The molecule has 0 spiro atoms. The standard InChI is InChI=1S/C6H5OP.C2H6/c7-8-6-4-2-1-3-5-6;1-2/h1-5H;1-2H3. The van der Waals surface area contributed by atoms with E-state index >= 15 is 0 Å². The summed E-state index contributed by atoms with van der Waals surface area (Å²) < 4.78 is 10.1. The molecule has 0 aliphatic rings. The van der Waals surface area contributed by atoms with Gasteiger partial charge in [0.25, 0.3) is 0 Å². The number of hydrogen-bond donors (Lipinski definition) is 0. The maximum Gasteiger partial charge on any atom is 0.192 e.